The van der Waals surface area contributed by atoms with Crippen LogP contribution in [0.5, 0.6) is 0 Å². The molecule has 300 valence electrons. The maximum atomic E-state index is 2.51. The lowest BCUT2D eigenvalue weighted by Gasteiger charge is -2.35. The van der Waals surface area contributed by atoms with Crippen LogP contribution in [0.15, 0.2) is 249 Å². The summed E-state index contributed by atoms with van der Waals surface area (Å²) in [6.45, 7) is 4.61. The van der Waals surface area contributed by atoms with Crippen LogP contribution in [0.3, 0.4) is 0 Å². The van der Waals surface area contributed by atoms with Gasteiger partial charge in [-0.15, -0.1) is 0 Å². The van der Waals surface area contributed by atoms with Gasteiger partial charge in [-0.25, -0.2) is 0 Å². The number of hydrogen-bond donors (Lipinski definition) is 0. The molecule has 0 amide bonds. The summed E-state index contributed by atoms with van der Waals surface area (Å²) >= 11 is 0. The number of anilines is 3. The predicted octanol–water partition coefficient (Wildman–Crippen LogP) is 16.3. The third kappa shape index (κ3) is 6.39. The summed E-state index contributed by atoms with van der Waals surface area (Å²) in [5.41, 5.74) is 17.7. The SMILES string of the molecule is CC(C)(c1ccccc1)c1ccc(-c2ccc(N(c3ccc(-c4ccccc4)cc3)c3c4c(cc5ccccc35)C(c3ccccc3)(c3ccccc3)c3ccccc3-4)cc2)cc1. The van der Waals surface area contributed by atoms with Gasteiger partial charge in [-0.2, -0.15) is 0 Å². The quantitative estimate of drug-likeness (QED) is 0.140. The fourth-order valence-electron chi connectivity index (χ4n) is 10.2. The molecular weight excluding hydrogens is 759 g/mol. The highest BCUT2D eigenvalue weighted by molar-refractivity contribution is 6.10. The molecule has 0 saturated carbocycles. The minimum absolute atomic E-state index is 0.101. The normalized spacial score (nSPS) is 12.7. The van der Waals surface area contributed by atoms with Crippen LogP contribution in [-0.4, -0.2) is 0 Å². The fraction of sp³-hybridized carbons (Fsp3) is 0.0645. The fourth-order valence-corrected chi connectivity index (χ4v) is 10.2. The minimum atomic E-state index is -0.541. The topological polar surface area (TPSA) is 3.24 Å². The zero-order valence-corrected chi connectivity index (χ0v) is 35.6. The Labute approximate surface area is 371 Å². The molecule has 0 aliphatic heterocycles. The third-order valence-corrected chi connectivity index (χ3v) is 13.5. The van der Waals surface area contributed by atoms with Crippen LogP contribution in [0.4, 0.5) is 17.1 Å². The summed E-state index contributed by atoms with van der Waals surface area (Å²) in [5.74, 6) is 0. The van der Waals surface area contributed by atoms with Gasteiger partial charge in [0.15, 0.2) is 0 Å². The smallest absolute Gasteiger partial charge is 0.0714 e. The van der Waals surface area contributed by atoms with Crippen molar-refractivity contribution < 1.29 is 0 Å². The highest BCUT2D eigenvalue weighted by Gasteiger charge is 2.48. The van der Waals surface area contributed by atoms with E-state index in [0.717, 1.165) is 11.4 Å². The van der Waals surface area contributed by atoms with Gasteiger partial charge in [-0.05, 0) is 96.9 Å². The second kappa shape index (κ2) is 15.6. The van der Waals surface area contributed by atoms with E-state index < -0.39 is 5.41 Å². The maximum absolute atomic E-state index is 2.51. The summed E-state index contributed by atoms with van der Waals surface area (Å²) in [6, 6.07) is 91.6. The van der Waals surface area contributed by atoms with Crippen LogP contribution >= 0.6 is 0 Å². The highest BCUT2D eigenvalue weighted by atomic mass is 15.1. The Bertz CT molecular complexity index is 3150. The Balaban J connectivity index is 1.13. The second-order valence-corrected chi connectivity index (χ2v) is 17.3. The van der Waals surface area contributed by atoms with Gasteiger partial charge in [0, 0.05) is 27.7 Å². The van der Waals surface area contributed by atoms with Crippen LogP contribution in [-0.2, 0) is 10.8 Å². The van der Waals surface area contributed by atoms with E-state index in [2.05, 4.69) is 267 Å². The van der Waals surface area contributed by atoms with Crippen LogP contribution in [0.2, 0.25) is 0 Å². The van der Waals surface area contributed by atoms with Gasteiger partial charge in [-0.1, -0.05) is 232 Å². The van der Waals surface area contributed by atoms with E-state index in [9.17, 15) is 0 Å². The summed E-state index contributed by atoms with van der Waals surface area (Å²) in [6.07, 6.45) is 0. The molecule has 10 aromatic rings. The molecule has 0 heterocycles. The van der Waals surface area contributed by atoms with E-state index in [1.807, 2.05) is 0 Å². The van der Waals surface area contributed by atoms with Crippen molar-refractivity contribution in [1.29, 1.82) is 0 Å². The predicted molar refractivity (Wildman–Crippen MR) is 265 cm³/mol. The lowest BCUT2D eigenvalue weighted by Crippen LogP contribution is -2.28. The molecule has 0 spiro atoms. The molecule has 1 aliphatic rings. The van der Waals surface area contributed by atoms with Crippen molar-refractivity contribution in [3.63, 3.8) is 0 Å². The van der Waals surface area contributed by atoms with Crippen molar-refractivity contribution in [2.24, 2.45) is 0 Å². The molecule has 0 bridgehead atoms. The molecule has 1 aliphatic carbocycles. The number of fused-ring (bicyclic) bond motifs is 4. The molecule has 0 fully saturated rings. The number of nitrogens with zero attached hydrogens (tertiary/aromatic N) is 1. The summed E-state index contributed by atoms with van der Waals surface area (Å²) in [4.78, 5) is 2.51. The van der Waals surface area contributed by atoms with Gasteiger partial charge in [0.1, 0.15) is 0 Å². The average Bonchev–Trinajstić information content (AvgIpc) is 3.66. The van der Waals surface area contributed by atoms with E-state index in [0.29, 0.717) is 0 Å². The summed E-state index contributed by atoms with van der Waals surface area (Å²) < 4.78 is 0. The van der Waals surface area contributed by atoms with E-state index >= 15 is 0 Å². The van der Waals surface area contributed by atoms with Crippen LogP contribution in [0, 0.1) is 0 Å². The Morgan fingerprint density at radius 2 is 0.794 bits per heavy atom. The molecular formula is C62H47N. The number of rotatable bonds is 9. The van der Waals surface area contributed by atoms with Gasteiger partial charge in [0.25, 0.3) is 0 Å². The summed E-state index contributed by atoms with van der Waals surface area (Å²) in [7, 11) is 0. The van der Waals surface area contributed by atoms with E-state index in [1.54, 1.807) is 0 Å². The molecule has 10 aromatic carbocycles. The standard InChI is InChI=1S/C62H47N/c1-61(2,49-22-9-4-10-23-49)50-37-31-45(32-38-50)47-35-41-54(42-36-47)63(53-39-33-46(34-40-53)44-19-7-3-8-20-44)60-55-28-16-15-21-48(55)43-58-59(60)56-29-17-18-30-57(56)62(58,51-24-11-5-12-25-51)52-26-13-6-14-27-52/h3-43H,1-2H3. The molecule has 0 saturated heterocycles. The number of benzene rings is 10. The van der Waals surface area contributed by atoms with Gasteiger partial charge >= 0.3 is 0 Å². The summed E-state index contributed by atoms with van der Waals surface area (Å²) in [5, 5.41) is 2.41. The molecule has 0 N–H and O–H groups in total. The van der Waals surface area contributed by atoms with E-state index in [-0.39, 0.29) is 5.41 Å². The lowest BCUT2D eigenvalue weighted by molar-refractivity contribution is 0.641. The lowest BCUT2D eigenvalue weighted by atomic mass is 9.67. The first kappa shape index (κ1) is 38.2. The molecule has 0 aromatic heterocycles. The zero-order valence-electron chi connectivity index (χ0n) is 35.6. The maximum Gasteiger partial charge on any atom is 0.0714 e. The number of hydrogen-bond acceptors (Lipinski definition) is 1. The molecule has 63 heavy (non-hydrogen) atoms. The van der Waals surface area contributed by atoms with Crippen molar-refractivity contribution in [1.82, 2.24) is 0 Å². The highest BCUT2D eigenvalue weighted by Crippen LogP contribution is 2.61. The third-order valence-electron chi connectivity index (χ3n) is 13.5. The van der Waals surface area contributed by atoms with Gasteiger partial charge < -0.3 is 4.90 Å². The Kier molecular flexibility index (Phi) is 9.47. The molecule has 0 radical (unpaired) electrons. The molecule has 0 unspecified atom stereocenters. The largest absolute Gasteiger partial charge is 0.309 e. The van der Waals surface area contributed by atoms with Crippen LogP contribution in [0.25, 0.3) is 44.2 Å². The van der Waals surface area contributed by atoms with Crippen molar-refractivity contribution >= 4 is 27.8 Å². The average molecular weight is 806 g/mol. The first-order chi connectivity index (χ1) is 31.0. The minimum Gasteiger partial charge on any atom is -0.309 e. The second-order valence-electron chi connectivity index (χ2n) is 17.3. The molecule has 1 heteroatoms. The van der Waals surface area contributed by atoms with Crippen LogP contribution < -0.4 is 4.90 Å². The van der Waals surface area contributed by atoms with Crippen molar-refractivity contribution in [3.8, 4) is 33.4 Å². The van der Waals surface area contributed by atoms with Crippen molar-refractivity contribution in [2.75, 3.05) is 4.90 Å². The Hall–Kier alpha value is -7.74. The molecule has 11 rings (SSSR count). The first-order valence-electron chi connectivity index (χ1n) is 22.0. The van der Waals surface area contributed by atoms with E-state index in [4.69, 9.17) is 0 Å². The van der Waals surface area contributed by atoms with E-state index in [1.165, 1.54) is 83.2 Å². The monoisotopic (exact) mass is 805 g/mol. The van der Waals surface area contributed by atoms with Crippen molar-refractivity contribution in [3.05, 3.63) is 282 Å². The van der Waals surface area contributed by atoms with Gasteiger partial charge in [0.2, 0.25) is 0 Å². The van der Waals surface area contributed by atoms with Crippen LogP contribution in [0.1, 0.15) is 47.2 Å². The van der Waals surface area contributed by atoms with Gasteiger partial charge in [0.05, 0.1) is 11.1 Å². The van der Waals surface area contributed by atoms with Crippen molar-refractivity contribution in [2.45, 2.75) is 24.7 Å². The molecule has 1 nitrogen and oxygen atoms in total. The van der Waals surface area contributed by atoms with Gasteiger partial charge in [-0.3, -0.25) is 0 Å². The Morgan fingerprint density at radius 3 is 1.37 bits per heavy atom. The first-order valence-corrected chi connectivity index (χ1v) is 22.0. The Morgan fingerprint density at radius 1 is 0.365 bits per heavy atom. The zero-order chi connectivity index (χ0) is 42.4. The molecule has 0 atom stereocenters.